The van der Waals surface area contributed by atoms with E-state index in [0.29, 0.717) is 6.42 Å². The van der Waals surface area contributed by atoms with E-state index in [0.717, 1.165) is 17.0 Å². The molecule has 2 aromatic rings. The van der Waals surface area contributed by atoms with E-state index in [2.05, 4.69) is 10.9 Å². The molecule has 0 saturated heterocycles. The molecule has 0 atom stereocenters. The number of nitrogens with one attached hydrogen (secondary N) is 2. The molecule has 0 radical (unpaired) electrons. The van der Waals surface area contributed by atoms with Gasteiger partial charge < -0.3 is 4.74 Å². The Morgan fingerprint density at radius 2 is 1.84 bits per heavy atom. The third kappa shape index (κ3) is 6.46. The van der Waals surface area contributed by atoms with Crippen LogP contribution in [0.2, 0.25) is 0 Å². The van der Waals surface area contributed by atoms with Crippen LogP contribution in [0.5, 0.6) is 5.75 Å². The summed E-state index contributed by atoms with van der Waals surface area (Å²) in [7, 11) is 0. The van der Waals surface area contributed by atoms with E-state index < -0.39 is 24.3 Å². The van der Waals surface area contributed by atoms with Crippen LogP contribution in [-0.4, -0.2) is 18.4 Å². The second kappa shape index (κ2) is 8.52. The number of aryl methyl sites for hydroxylation is 1. The molecule has 1 aromatic heterocycles. The second-order valence-corrected chi connectivity index (χ2v) is 6.02. The summed E-state index contributed by atoms with van der Waals surface area (Å²) < 4.78 is 42.7. The Morgan fingerprint density at radius 3 is 2.52 bits per heavy atom. The molecule has 1 aromatic carbocycles. The van der Waals surface area contributed by atoms with Gasteiger partial charge in [-0.25, -0.2) is 0 Å². The van der Waals surface area contributed by atoms with E-state index >= 15 is 0 Å². The van der Waals surface area contributed by atoms with Crippen LogP contribution >= 0.6 is 11.3 Å². The average molecular weight is 372 g/mol. The van der Waals surface area contributed by atoms with Crippen LogP contribution in [-0.2, 0) is 22.2 Å². The zero-order chi connectivity index (χ0) is 18.3. The molecule has 0 bridgehead atoms. The number of amides is 2. The molecule has 0 aliphatic carbocycles. The minimum Gasteiger partial charge on any atom is -0.484 e. The SMILES string of the molecule is O=C(CCc1cccs1)NNC(=O)COc1cccc(C(F)(F)F)c1. The van der Waals surface area contributed by atoms with E-state index in [1.54, 1.807) is 0 Å². The summed E-state index contributed by atoms with van der Waals surface area (Å²) in [5, 5.41) is 1.90. The van der Waals surface area contributed by atoms with Crippen LogP contribution in [0.4, 0.5) is 13.2 Å². The lowest BCUT2D eigenvalue weighted by molar-refractivity contribution is -0.137. The number of rotatable bonds is 6. The van der Waals surface area contributed by atoms with Crippen LogP contribution in [0.3, 0.4) is 0 Å². The summed E-state index contributed by atoms with van der Waals surface area (Å²) in [5.41, 5.74) is 3.50. The van der Waals surface area contributed by atoms with Crippen molar-refractivity contribution in [3.05, 3.63) is 52.2 Å². The Labute approximate surface area is 145 Å². The number of alkyl halides is 3. The number of hydrazine groups is 1. The fourth-order valence-electron chi connectivity index (χ4n) is 1.84. The van der Waals surface area contributed by atoms with Gasteiger partial charge in [-0.3, -0.25) is 20.4 Å². The molecular weight excluding hydrogens is 357 g/mol. The lowest BCUT2D eigenvalue weighted by Crippen LogP contribution is -2.43. The maximum Gasteiger partial charge on any atom is 0.416 e. The Hall–Kier alpha value is -2.55. The first-order valence-electron chi connectivity index (χ1n) is 7.25. The van der Waals surface area contributed by atoms with Crippen molar-refractivity contribution < 1.29 is 27.5 Å². The maximum atomic E-state index is 12.6. The number of thiophene rings is 1. The van der Waals surface area contributed by atoms with Crippen molar-refractivity contribution in [1.29, 1.82) is 0 Å². The standard InChI is InChI=1S/C16H15F3N2O3S/c17-16(18,19)11-3-1-4-12(9-11)24-10-15(23)21-20-14(22)7-6-13-5-2-8-25-13/h1-5,8-9H,6-7,10H2,(H,20,22)(H,21,23). The first-order chi connectivity index (χ1) is 11.8. The number of hydrogen-bond acceptors (Lipinski definition) is 4. The molecule has 5 nitrogen and oxygen atoms in total. The van der Waals surface area contributed by atoms with Gasteiger partial charge >= 0.3 is 6.18 Å². The molecular formula is C16H15F3N2O3S. The third-order valence-electron chi connectivity index (χ3n) is 3.05. The minimum absolute atomic E-state index is 0.0889. The van der Waals surface area contributed by atoms with E-state index in [1.165, 1.54) is 23.5 Å². The Kier molecular flexibility index (Phi) is 6.40. The highest BCUT2D eigenvalue weighted by atomic mass is 32.1. The molecule has 0 fully saturated rings. The normalized spacial score (nSPS) is 11.0. The molecule has 0 spiro atoms. The van der Waals surface area contributed by atoms with Crippen molar-refractivity contribution in [3.63, 3.8) is 0 Å². The fraction of sp³-hybridized carbons (Fsp3) is 0.250. The van der Waals surface area contributed by atoms with Crippen LogP contribution in [0.25, 0.3) is 0 Å². The van der Waals surface area contributed by atoms with Gasteiger partial charge in [0.25, 0.3) is 5.91 Å². The van der Waals surface area contributed by atoms with Gasteiger partial charge in [0.1, 0.15) is 5.75 Å². The summed E-state index contributed by atoms with van der Waals surface area (Å²) >= 11 is 1.53. The Morgan fingerprint density at radius 1 is 1.08 bits per heavy atom. The topological polar surface area (TPSA) is 67.4 Å². The van der Waals surface area contributed by atoms with E-state index in [9.17, 15) is 22.8 Å². The molecule has 9 heteroatoms. The van der Waals surface area contributed by atoms with Crippen LogP contribution < -0.4 is 15.6 Å². The second-order valence-electron chi connectivity index (χ2n) is 4.99. The molecule has 1 heterocycles. The average Bonchev–Trinajstić information content (AvgIpc) is 3.09. The molecule has 2 amide bonds. The third-order valence-corrected chi connectivity index (χ3v) is 3.99. The zero-order valence-corrected chi connectivity index (χ0v) is 13.7. The highest BCUT2D eigenvalue weighted by Crippen LogP contribution is 2.31. The van der Waals surface area contributed by atoms with Gasteiger partial charge in [-0.05, 0) is 36.1 Å². The number of halogens is 3. The minimum atomic E-state index is -4.49. The summed E-state index contributed by atoms with van der Waals surface area (Å²) in [6, 6.07) is 7.97. The van der Waals surface area contributed by atoms with Crippen LogP contribution in [0.15, 0.2) is 41.8 Å². The molecule has 25 heavy (non-hydrogen) atoms. The van der Waals surface area contributed by atoms with Crippen LogP contribution in [0, 0.1) is 0 Å². The Balaban J connectivity index is 1.71. The molecule has 2 N–H and O–H groups in total. The number of ether oxygens (including phenoxy) is 1. The van der Waals surface area contributed by atoms with Crippen molar-refractivity contribution in [2.45, 2.75) is 19.0 Å². The summed E-state index contributed by atoms with van der Waals surface area (Å²) in [6.07, 6.45) is -3.73. The number of carbonyl (C=O) groups is 2. The predicted molar refractivity (Wildman–Crippen MR) is 85.9 cm³/mol. The molecule has 0 saturated carbocycles. The molecule has 134 valence electrons. The van der Waals surface area contributed by atoms with Crippen molar-refractivity contribution >= 4 is 23.2 Å². The van der Waals surface area contributed by atoms with E-state index in [1.807, 2.05) is 17.5 Å². The predicted octanol–water partition coefficient (Wildman–Crippen LogP) is 2.93. The zero-order valence-electron chi connectivity index (χ0n) is 12.9. The monoisotopic (exact) mass is 372 g/mol. The lowest BCUT2D eigenvalue weighted by atomic mass is 10.2. The highest BCUT2D eigenvalue weighted by molar-refractivity contribution is 7.09. The first-order valence-corrected chi connectivity index (χ1v) is 8.12. The summed E-state index contributed by atoms with van der Waals surface area (Å²) in [4.78, 5) is 24.2. The van der Waals surface area contributed by atoms with Crippen molar-refractivity contribution in [3.8, 4) is 5.75 Å². The number of carbonyl (C=O) groups excluding carboxylic acids is 2. The number of benzene rings is 1. The van der Waals surface area contributed by atoms with Gasteiger partial charge in [-0.1, -0.05) is 12.1 Å². The quantitative estimate of drug-likeness (QED) is 0.767. The lowest BCUT2D eigenvalue weighted by Gasteiger charge is -2.11. The van der Waals surface area contributed by atoms with Gasteiger partial charge in [-0.15, -0.1) is 11.3 Å². The van der Waals surface area contributed by atoms with Gasteiger partial charge in [-0.2, -0.15) is 13.2 Å². The molecule has 0 aliphatic rings. The van der Waals surface area contributed by atoms with Gasteiger partial charge in [0.15, 0.2) is 6.61 Å². The van der Waals surface area contributed by atoms with E-state index in [-0.39, 0.29) is 18.1 Å². The number of hydrogen-bond donors (Lipinski definition) is 2. The first kappa shape index (κ1) is 18.8. The van der Waals surface area contributed by atoms with Crippen molar-refractivity contribution in [2.75, 3.05) is 6.61 Å². The molecule has 0 unspecified atom stereocenters. The Bertz CT molecular complexity index is 718. The summed E-state index contributed by atoms with van der Waals surface area (Å²) in [5.74, 6) is -1.14. The molecule has 2 rings (SSSR count). The highest BCUT2D eigenvalue weighted by Gasteiger charge is 2.30. The van der Waals surface area contributed by atoms with Gasteiger partial charge in [0.05, 0.1) is 5.56 Å². The summed E-state index contributed by atoms with van der Waals surface area (Å²) in [6.45, 7) is -0.521. The fourth-order valence-corrected chi connectivity index (χ4v) is 2.55. The van der Waals surface area contributed by atoms with E-state index in [4.69, 9.17) is 4.74 Å². The van der Waals surface area contributed by atoms with Crippen molar-refractivity contribution in [2.24, 2.45) is 0 Å². The van der Waals surface area contributed by atoms with Crippen LogP contribution in [0.1, 0.15) is 16.9 Å². The molecule has 0 aliphatic heterocycles. The largest absolute Gasteiger partial charge is 0.484 e. The smallest absolute Gasteiger partial charge is 0.416 e. The maximum absolute atomic E-state index is 12.6. The van der Waals surface area contributed by atoms with Gasteiger partial charge in [0.2, 0.25) is 5.91 Å². The van der Waals surface area contributed by atoms with Gasteiger partial charge in [0, 0.05) is 11.3 Å². The van der Waals surface area contributed by atoms with Crippen molar-refractivity contribution in [1.82, 2.24) is 10.9 Å².